The highest BCUT2D eigenvalue weighted by atomic mass is 31.1. The molecule has 0 aromatic carbocycles. The second-order valence-corrected chi connectivity index (χ2v) is 10.1. The lowest BCUT2D eigenvalue weighted by molar-refractivity contribution is -0.164. The van der Waals surface area contributed by atoms with Gasteiger partial charge in [0.05, 0.1) is 17.7 Å². The van der Waals surface area contributed by atoms with Crippen LogP contribution in [0.15, 0.2) is 18.5 Å². The molecule has 0 spiro atoms. The molecule has 0 radical (unpaired) electrons. The maximum absolute atomic E-state index is 12.5. The van der Waals surface area contributed by atoms with Crippen LogP contribution < -0.4 is 10.8 Å². The molecule has 1 fully saturated rings. The van der Waals surface area contributed by atoms with Gasteiger partial charge < -0.3 is 25.1 Å². The Morgan fingerprint density at radius 2 is 2.03 bits per heavy atom. The van der Waals surface area contributed by atoms with Crippen LogP contribution in [0.2, 0.25) is 0 Å². The van der Waals surface area contributed by atoms with Crippen molar-refractivity contribution in [3.05, 3.63) is 24.2 Å². The molecule has 1 aliphatic rings. The van der Waals surface area contributed by atoms with E-state index in [-0.39, 0.29) is 11.9 Å². The van der Waals surface area contributed by atoms with Gasteiger partial charge in [0.1, 0.15) is 36.2 Å². The Balaban J connectivity index is 1.86. The van der Waals surface area contributed by atoms with E-state index in [0.717, 1.165) is 0 Å². The van der Waals surface area contributed by atoms with Crippen molar-refractivity contribution < 1.29 is 38.0 Å². The molecule has 2 aromatic rings. The third-order valence-corrected chi connectivity index (χ3v) is 6.49. The van der Waals surface area contributed by atoms with Gasteiger partial charge in [0.25, 0.3) is 0 Å². The molecule has 0 amide bonds. The summed E-state index contributed by atoms with van der Waals surface area (Å²) in [5.41, 5.74) is 4.58. The first kappa shape index (κ1) is 28.4. The molecule has 0 aliphatic carbocycles. The van der Waals surface area contributed by atoms with Crippen molar-refractivity contribution in [2.75, 3.05) is 12.3 Å². The number of hydrogen-bond acceptors (Lipinski definition) is 12. The summed E-state index contributed by atoms with van der Waals surface area (Å²) in [6.45, 7) is 7.29. The Bertz CT molecular complexity index is 1210. The molecule has 2 aromatic heterocycles. The maximum atomic E-state index is 12.5. The van der Waals surface area contributed by atoms with Gasteiger partial charge in [-0.2, -0.15) is 10.4 Å². The minimum absolute atomic E-state index is 0.180. The molecular weight excluding hydrogens is 507 g/mol. The zero-order valence-electron chi connectivity index (χ0n) is 21.0. The number of aromatic nitrogens is 3. The van der Waals surface area contributed by atoms with E-state index in [4.69, 9.17) is 24.5 Å². The summed E-state index contributed by atoms with van der Waals surface area (Å²) in [5.74, 6) is -1.72. The van der Waals surface area contributed by atoms with Gasteiger partial charge in [0, 0.05) is 0 Å². The number of ether oxygens (including phenoxy) is 3. The first-order valence-corrected chi connectivity index (χ1v) is 12.7. The number of nitriles is 1. The van der Waals surface area contributed by atoms with Crippen molar-refractivity contribution in [1.29, 1.82) is 5.26 Å². The number of fused-ring (bicyclic) bond motifs is 1. The van der Waals surface area contributed by atoms with E-state index in [1.165, 1.54) is 17.8 Å². The first-order valence-electron chi connectivity index (χ1n) is 11.5. The maximum Gasteiger partial charge on any atom is 0.613 e. The number of nitrogens with one attached hydrogen (secondary N) is 1. The minimum Gasteiger partial charge on any atom is -0.462 e. The van der Waals surface area contributed by atoms with Crippen molar-refractivity contribution in [1.82, 2.24) is 19.7 Å². The molecule has 4 N–H and O–H groups in total. The number of carbonyl (C=O) groups excluding carboxylic acids is 2. The highest BCUT2D eigenvalue weighted by Gasteiger charge is 2.60. The molecule has 14 nitrogen and oxygen atoms in total. The molecule has 0 saturated carbocycles. The Hall–Kier alpha value is -3.21. The monoisotopic (exact) mass is 537 g/mol. The van der Waals surface area contributed by atoms with E-state index in [0.29, 0.717) is 11.2 Å². The molecule has 3 heterocycles. The van der Waals surface area contributed by atoms with Crippen LogP contribution in [0, 0.1) is 17.2 Å². The van der Waals surface area contributed by atoms with Gasteiger partial charge in [-0.3, -0.25) is 9.59 Å². The number of nitrogens with zero attached hydrogens (tertiary/aromatic N) is 4. The normalized spacial score (nSPS) is 24.7. The summed E-state index contributed by atoms with van der Waals surface area (Å²) in [6, 6.07) is 4.12. The van der Waals surface area contributed by atoms with Crippen LogP contribution in [0.5, 0.6) is 0 Å². The number of nitrogens with two attached hydrogens (primary N) is 1. The smallest absolute Gasteiger partial charge is 0.462 e. The van der Waals surface area contributed by atoms with Crippen LogP contribution in [0.3, 0.4) is 0 Å². The third kappa shape index (κ3) is 6.03. The van der Waals surface area contributed by atoms with E-state index in [2.05, 4.69) is 15.2 Å². The Morgan fingerprint density at radius 1 is 1.32 bits per heavy atom. The Kier molecular flexibility index (Phi) is 8.78. The lowest BCUT2D eigenvalue weighted by atomic mass is 9.95. The van der Waals surface area contributed by atoms with Crippen molar-refractivity contribution in [3.63, 3.8) is 0 Å². The molecule has 37 heavy (non-hydrogen) atoms. The summed E-state index contributed by atoms with van der Waals surface area (Å²) in [5, 5.41) is 27.9. The minimum atomic E-state index is -2.69. The predicted molar refractivity (Wildman–Crippen MR) is 128 cm³/mol. The average Bonchev–Trinajstić information content (AvgIpc) is 3.38. The van der Waals surface area contributed by atoms with Gasteiger partial charge in [-0.25, -0.2) is 9.50 Å². The Labute approximate surface area is 213 Å². The fraction of sp³-hybridized carbons (Fsp3) is 0.591. The summed E-state index contributed by atoms with van der Waals surface area (Å²) in [6.07, 6.45) is -3.38. The number of esters is 2. The van der Waals surface area contributed by atoms with Gasteiger partial charge in [-0.1, -0.05) is 18.9 Å². The van der Waals surface area contributed by atoms with Crippen molar-refractivity contribution >= 4 is 31.5 Å². The lowest BCUT2D eigenvalue weighted by Gasteiger charge is -2.26. The summed E-state index contributed by atoms with van der Waals surface area (Å²) >= 11 is 0. The number of aliphatic hydroxyl groups excluding tert-OH is 1. The largest absolute Gasteiger partial charge is 0.613 e. The molecule has 1 unspecified atom stereocenters. The van der Waals surface area contributed by atoms with E-state index in [1.54, 1.807) is 39.8 Å². The van der Waals surface area contributed by atoms with Gasteiger partial charge in [0.2, 0.25) is 5.60 Å². The predicted octanol–water partition coefficient (Wildman–Crippen LogP) is 1.18. The van der Waals surface area contributed by atoms with Crippen molar-refractivity contribution in [2.45, 2.75) is 70.7 Å². The van der Waals surface area contributed by atoms with Crippen LogP contribution in [0.4, 0.5) is 5.82 Å². The lowest BCUT2D eigenvalue weighted by Crippen LogP contribution is -2.48. The number of hydrogen-bond donors (Lipinski definition) is 3. The van der Waals surface area contributed by atoms with Crippen molar-refractivity contribution in [3.8, 4) is 6.07 Å². The van der Waals surface area contributed by atoms with Crippen LogP contribution in [0.25, 0.3) is 5.52 Å². The highest BCUT2D eigenvalue weighted by molar-refractivity contribution is 7.36. The molecule has 0 bridgehead atoms. The standard InChI is InChI=1S/C22H30N6O8P/c1-11(2)20(30)35-18-16(29)17(14-6-7-15-19(24)25-10-26-28(14)15)36-22(18,8-23)9-33-37(32)27-13(5)21(31)34-12(3)4/h6-7,10-13,16-18,29H,9H2,1-5H3,(H,27,32)(H2,24,25,26)/q+1/t13-,16-,17-,18-,22+/m0/s1. The third-order valence-electron chi connectivity index (χ3n) is 5.52. The van der Waals surface area contributed by atoms with E-state index in [1.807, 2.05) is 6.07 Å². The van der Waals surface area contributed by atoms with Crippen LogP contribution in [-0.2, 0) is 32.9 Å². The summed E-state index contributed by atoms with van der Waals surface area (Å²) in [4.78, 5) is 28.4. The number of carbonyl (C=O) groups is 2. The second-order valence-electron chi connectivity index (χ2n) is 9.11. The molecule has 1 aliphatic heterocycles. The number of anilines is 1. The number of aliphatic hydroxyl groups is 1. The van der Waals surface area contributed by atoms with Crippen LogP contribution >= 0.6 is 8.18 Å². The zero-order chi connectivity index (χ0) is 27.5. The fourth-order valence-corrected chi connectivity index (χ4v) is 4.43. The molecule has 15 heteroatoms. The summed E-state index contributed by atoms with van der Waals surface area (Å²) < 4.78 is 35.7. The number of rotatable bonds is 10. The second kappa shape index (κ2) is 11.5. The SMILES string of the molecule is CC(C)OC(=O)[C@H](C)N[P+](=O)OC[C@@]1(C#N)O[C@@H](c2ccc3c(N)ncnn23)[C@H](O)[C@@H]1OC(=O)C(C)C. The van der Waals surface area contributed by atoms with Gasteiger partial charge >= 0.3 is 20.1 Å². The topological polar surface area (TPSA) is 200 Å². The molecule has 1 saturated heterocycles. The average molecular weight is 537 g/mol. The molecule has 200 valence electrons. The molecule has 6 atom stereocenters. The van der Waals surface area contributed by atoms with E-state index >= 15 is 0 Å². The van der Waals surface area contributed by atoms with Gasteiger partial charge in [-0.05, 0) is 37.5 Å². The zero-order valence-corrected chi connectivity index (χ0v) is 21.9. The van der Waals surface area contributed by atoms with E-state index in [9.17, 15) is 24.5 Å². The van der Waals surface area contributed by atoms with Crippen LogP contribution in [-0.4, -0.2) is 68.2 Å². The van der Waals surface area contributed by atoms with Gasteiger partial charge in [-0.15, -0.1) is 4.52 Å². The Morgan fingerprint density at radius 3 is 2.65 bits per heavy atom. The van der Waals surface area contributed by atoms with Gasteiger partial charge in [0.15, 0.2) is 18.5 Å². The highest BCUT2D eigenvalue weighted by Crippen LogP contribution is 2.43. The van der Waals surface area contributed by atoms with E-state index < -0.39 is 62.6 Å². The van der Waals surface area contributed by atoms with Crippen molar-refractivity contribution in [2.24, 2.45) is 5.92 Å². The number of nitrogen functional groups attached to an aromatic ring is 1. The quantitative estimate of drug-likeness (QED) is 0.288. The molecular formula is C22H30N6O8P+. The fourth-order valence-electron chi connectivity index (χ4n) is 3.62. The first-order chi connectivity index (χ1) is 17.4. The molecule has 3 rings (SSSR count). The summed E-state index contributed by atoms with van der Waals surface area (Å²) in [7, 11) is -2.69. The van der Waals surface area contributed by atoms with Crippen LogP contribution in [0.1, 0.15) is 46.4 Å².